The van der Waals surface area contributed by atoms with Gasteiger partial charge in [-0.15, -0.1) is 0 Å². The molecule has 30 heavy (non-hydrogen) atoms. The van der Waals surface area contributed by atoms with Crippen LogP contribution in [-0.4, -0.2) is 25.3 Å². The van der Waals surface area contributed by atoms with Crippen LogP contribution in [0, 0.1) is 0 Å². The third kappa shape index (κ3) is 8.37. The molecule has 0 unspecified atom stereocenters. The quantitative estimate of drug-likeness (QED) is 0.568. The van der Waals surface area contributed by atoms with E-state index in [4.69, 9.17) is 23.2 Å². The van der Waals surface area contributed by atoms with E-state index in [0.29, 0.717) is 17.1 Å². The maximum Gasteiger partial charge on any atom is 0.0780 e. The lowest BCUT2D eigenvalue weighted by atomic mass is 10.1. The van der Waals surface area contributed by atoms with Crippen molar-refractivity contribution in [2.24, 2.45) is 4.99 Å². The van der Waals surface area contributed by atoms with Gasteiger partial charge in [-0.05, 0) is 41.8 Å². The first-order valence-electron chi connectivity index (χ1n) is 9.58. The minimum Gasteiger partial charge on any atom is -0.545 e. The third-order valence-electron chi connectivity index (χ3n) is 4.23. The molecule has 0 fully saturated rings. The summed E-state index contributed by atoms with van der Waals surface area (Å²) in [5, 5.41) is 12.4. The molecule has 0 aliphatic carbocycles. The Hall–Kier alpha value is -2.66. The van der Waals surface area contributed by atoms with Gasteiger partial charge in [-0.25, -0.2) is 0 Å². The number of aliphatic imine (C=N–C) groups is 1. The van der Waals surface area contributed by atoms with E-state index in [2.05, 4.69) is 10.7 Å². The fourth-order valence-electron chi connectivity index (χ4n) is 2.66. The second-order valence-electron chi connectivity index (χ2n) is 6.52. The van der Waals surface area contributed by atoms with Crippen LogP contribution in [-0.2, 0) is 12.8 Å². The number of quaternary nitrogens is 1. The van der Waals surface area contributed by atoms with Crippen molar-refractivity contribution in [3.05, 3.63) is 105 Å². The fourth-order valence-corrected chi connectivity index (χ4v) is 2.91. The molecule has 6 heteroatoms. The molecule has 0 atom stereocenters. The highest BCUT2D eigenvalue weighted by molar-refractivity contribution is 6.30. The zero-order valence-electron chi connectivity index (χ0n) is 16.6. The van der Waals surface area contributed by atoms with Crippen molar-refractivity contribution in [1.29, 1.82) is 0 Å². The summed E-state index contributed by atoms with van der Waals surface area (Å²) in [5.41, 5.74) is 6.93. The lowest BCUT2D eigenvalue weighted by Crippen LogP contribution is -2.51. The standard InChI is InChI=1S/C16H14ClNO2.C8H10ClN/c17-14-7-5-12(6-8-14)9-10-18-11-13-3-1-2-4-15(13)16(19)20;9-8-3-1-7(2-4-8)5-6-10/h1-8,11H,9-10H2,(H,19,20);1-4H,5-6,10H2. The number of rotatable bonds is 7. The Bertz CT molecular complexity index is 956. The van der Waals surface area contributed by atoms with Gasteiger partial charge in [-0.2, -0.15) is 0 Å². The minimum absolute atomic E-state index is 0.155. The summed E-state index contributed by atoms with van der Waals surface area (Å²) >= 11 is 11.5. The van der Waals surface area contributed by atoms with E-state index in [1.807, 2.05) is 48.5 Å². The van der Waals surface area contributed by atoms with E-state index in [0.717, 1.165) is 30.0 Å². The highest BCUT2D eigenvalue weighted by Gasteiger charge is 1.99. The van der Waals surface area contributed by atoms with Gasteiger partial charge in [0.15, 0.2) is 0 Å². The molecular formula is C24H24Cl2N2O2. The summed E-state index contributed by atoms with van der Waals surface area (Å²) in [6, 6.07) is 22.1. The smallest absolute Gasteiger partial charge is 0.0780 e. The first-order chi connectivity index (χ1) is 14.5. The molecule has 0 amide bonds. The van der Waals surface area contributed by atoms with Crippen LogP contribution in [0.4, 0.5) is 0 Å². The van der Waals surface area contributed by atoms with Gasteiger partial charge >= 0.3 is 0 Å². The molecular weight excluding hydrogens is 419 g/mol. The maximum absolute atomic E-state index is 10.9. The summed E-state index contributed by atoms with van der Waals surface area (Å²) in [4.78, 5) is 15.2. The summed E-state index contributed by atoms with van der Waals surface area (Å²) in [7, 11) is 0. The topological polar surface area (TPSA) is 80.1 Å². The molecule has 0 saturated heterocycles. The van der Waals surface area contributed by atoms with Gasteiger partial charge in [0.05, 0.1) is 12.5 Å². The monoisotopic (exact) mass is 442 g/mol. The first kappa shape index (κ1) is 23.6. The highest BCUT2D eigenvalue weighted by atomic mass is 35.5. The Kier molecular flexibility index (Phi) is 10.1. The van der Waals surface area contributed by atoms with Crippen LogP contribution >= 0.6 is 23.2 Å². The number of halogens is 2. The number of hydrogen-bond donors (Lipinski definition) is 1. The predicted molar refractivity (Wildman–Crippen MR) is 121 cm³/mol. The van der Waals surface area contributed by atoms with Gasteiger partial charge in [-0.3, -0.25) is 4.99 Å². The molecule has 3 aromatic rings. The summed E-state index contributed by atoms with van der Waals surface area (Å²) in [5.74, 6) is -1.19. The van der Waals surface area contributed by atoms with E-state index in [1.54, 1.807) is 24.4 Å². The Morgan fingerprint density at radius 3 is 1.93 bits per heavy atom. The van der Waals surface area contributed by atoms with Crippen LogP contribution in [0.15, 0.2) is 77.8 Å². The van der Waals surface area contributed by atoms with Crippen LogP contribution in [0.1, 0.15) is 27.0 Å². The fraction of sp³-hybridized carbons (Fsp3) is 0.167. The number of carboxylic acid groups (broad SMARTS) is 1. The molecule has 0 aromatic heterocycles. The maximum atomic E-state index is 10.9. The highest BCUT2D eigenvalue weighted by Crippen LogP contribution is 2.10. The normalized spacial score (nSPS) is 10.5. The van der Waals surface area contributed by atoms with Crippen LogP contribution < -0.4 is 10.8 Å². The number of benzene rings is 3. The summed E-state index contributed by atoms with van der Waals surface area (Å²) < 4.78 is 0. The first-order valence-corrected chi connectivity index (χ1v) is 10.3. The summed E-state index contributed by atoms with van der Waals surface area (Å²) in [6.07, 6.45) is 3.39. The van der Waals surface area contributed by atoms with E-state index >= 15 is 0 Å². The number of carbonyl (C=O) groups excluding carboxylic acids is 1. The molecule has 0 bridgehead atoms. The molecule has 3 aromatic carbocycles. The van der Waals surface area contributed by atoms with Gasteiger partial charge < -0.3 is 15.6 Å². The van der Waals surface area contributed by atoms with Crippen molar-refractivity contribution in [1.82, 2.24) is 0 Å². The molecule has 156 valence electrons. The van der Waals surface area contributed by atoms with Crippen molar-refractivity contribution in [2.75, 3.05) is 13.1 Å². The molecule has 0 radical (unpaired) electrons. The SMILES string of the molecule is O=C([O-])c1ccccc1C=NCCc1ccc(Cl)cc1.[NH3+]CCc1ccc(Cl)cc1. The van der Waals surface area contributed by atoms with Crippen LogP contribution in [0.2, 0.25) is 10.0 Å². The minimum atomic E-state index is -1.19. The molecule has 0 saturated carbocycles. The van der Waals surface area contributed by atoms with Crippen molar-refractivity contribution < 1.29 is 15.6 Å². The van der Waals surface area contributed by atoms with E-state index in [-0.39, 0.29) is 5.56 Å². The van der Waals surface area contributed by atoms with Gasteiger partial charge in [-0.1, -0.05) is 71.7 Å². The molecule has 0 heterocycles. The molecule has 3 N–H and O–H groups in total. The number of hydrogen-bond acceptors (Lipinski definition) is 3. The van der Waals surface area contributed by atoms with Crippen molar-refractivity contribution in [3.63, 3.8) is 0 Å². The Labute approximate surface area is 187 Å². The number of nitrogens with zero attached hydrogens (tertiary/aromatic N) is 1. The van der Waals surface area contributed by atoms with Crippen LogP contribution in [0.5, 0.6) is 0 Å². The molecule has 4 nitrogen and oxygen atoms in total. The van der Waals surface area contributed by atoms with Gasteiger partial charge in [0.25, 0.3) is 0 Å². The second kappa shape index (κ2) is 12.8. The van der Waals surface area contributed by atoms with Crippen molar-refractivity contribution in [2.45, 2.75) is 12.8 Å². The number of carboxylic acids is 1. The lowest BCUT2D eigenvalue weighted by Gasteiger charge is -2.05. The zero-order chi connectivity index (χ0) is 21.8. The van der Waals surface area contributed by atoms with Gasteiger partial charge in [0.1, 0.15) is 0 Å². The second-order valence-corrected chi connectivity index (χ2v) is 7.39. The van der Waals surface area contributed by atoms with Crippen molar-refractivity contribution in [3.8, 4) is 0 Å². The van der Waals surface area contributed by atoms with Crippen LogP contribution in [0.3, 0.4) is 0 Å². The van der Waals surface area contributed by atoms with Gasteiger partial charge in [0, 0.05) is 40.4 Å². The molecule has 0 aliphatic rings. The van der Waals surface area contributed by atoms with E-state index in [1.165, 1.54) is 11.6 Å². The largest absolute Gasteiger partial charge is 0.545 e. The lowest BCUT2D eigenvalue weighted by molar-refractivity contribution is -0.366. The zero-order valence-corrected chi connectivity index (χ0v) is 18.1. The van der Waals surface area contributed by atoms with E-state index in [9.17, 15) is 9.90 Å². The number of carbonyl (C=O) groups is 1. The molecule has 0 spiro atoms. The Morgan fingerprint density at radius 2 is 1.40 bits per heavy atom. The third-order valence-corrected chi connectivity index (χ3v) is 4.74. The van der Waals surface area contributed by atoms with Crippen LogP contribution in [0.25, 0.3) is 0 Å². The molecule has 0 aliphatic heterocycles. The van der Waals surface area contributed by atoms with Gasteiger partial charge in [0.2, 0.25) is 0 Å². The Morgan fingerprint density at radius 1 is 0.867 bits per heavy atom. The van der Waals surface area contributed by atoms with Crippen molar-refractivity contribution >= 4 is 35.4 Å². The summed E-state index contributed by atoms with van der Waals surface area (Å²) in [6.45, 7) is 1.53. The molecule has 3 rings (SSSR count). The Balaban J connectivity index is 0.000000269. The van der Waals surface area contributed by atoms with E-state index < -0.39 is 5.97 Å². The number of aromatic carboxylic acids is 1. The average Bonchev–Trinajstić information content (AvgIpc) is 2.75. The average molecular weight is 443 g/mol. The predicted octanol–water partition coefficient (Wildman–Crippen LogP) is 3.49.